The number of rotatable bonds is 10. The van der Waals surface area contributed by atoms with Gasteiger partial charge in [-0.2, -0.15) is 22.0 Å². The molecule has 1 aliphatic heterocycles. The third-order valence-electron chi connectivity index (χ3n) is 7.00. The van der Waals surface area contributed by atoms with Crippen molar-refractivity contribution < 1.29 is 49.8 Å². The summed E-state index contributed by atoms with van der Waals surface area (Å²) in [6.07, 6.45) is -3.41. The number of nitrogens with zero attached hydrogens (tertiary/aromatic N) is 1. The Labute approximate surface area is 225 Å². The lowest BCUT2D eigenvalue weighted by atomic mass is 10.0. The summed E-state index contributed by atoms with van der Waals surface area (Å²) >= 11 is 0. The minimum atomic E-state index is -4.28. The molecule has 0 spiro atoms. The van der Waals surface area contributed by atoms with Crippen LogP contribution in [0.15, 0.2) is 41.0 Å². The zero-order valence-electron chi connectivity index (χ0n) is 21.3. The zero-order valence-corrected chi connectivity index (χ0v) is 21.3. The van der Waals surface area contributed by atoms with E-state index in [0.717, 1.165) is 0 Å². The second kappa shape index (κ2) is 11.1. The first-order valence-electron chi connectivity index (χ1n) is 12.6. The van der Waals surface area contributed by atoms with Crippen LogP contribution < -0.4 is 19.5 Å². The molecule has 3 atom stereocenters. The van der Waals surface area contributed by atoms with Crippen molar-refractivity contribution >= 4 is 16.9 Å². The predicted molar refractivity (Wildman–Crippen MR) is 132 cm³/mol. The molecule has 0 radical (unpaired) electrons. The quantitative estimate of drug-likeness (QED) is 0.303. The number of ether oxygens (including phenoxy) is 3. The van der Waals surface area contributed by atoms with E-state index in [1.165, 1.54) is 30.4 Å². The van der Waals surface area contributed by atoms with E-state index < -0.39 is 42.7 Å². The Kier molecular flexibility index (Phi) is 7.76. The summed E-state index contributed by atoms with van der Waals surface area (Å²) < 4.78 is 101. The minimum Gasteiger partial charge on any atom is -0.496 e. The van der Waals surface area contributed by atoms with Gasteiger partial charge in [-0.1, -0.05) is 0 Å². The van der Waals surface area contributed by atoms with E-state index in [4.69, 9.17) is 13.9 Å². The number of halogens is 6. The van der Waals surface area contributed by atoms with Gasteiger partial charge in [0.15, 0.2) is 0 Å². The van der Waals surface area contributed by atoms with Gasteiger partial charge in [0, 0.05) is 30.0 Å². The van der Waals surface area contributed by atoms with Crippen LogP contribution in [0.5, 0.6) is 17.2 Å². The maximum absolute atomic E-state index is 13.3. The van der Waals surface area contributed by atoms with Crippen molar-refractivity contribution in [3.8, 4) is 28.4 Å². The lowest BCUT2D eigenvalue weighted by Gasteiger charge is -2.26. The molecule has 1 saturated carbocycles. The number of furan rings is 1. The van der Waals surface area contributed by atoms with Crippen LogP contribution in [0, 0.1) is 0 Å². The number of methoxy groups -OCH3 is 1. The zero-order chi connectivity index (χ0) is 28.6. The Morgan fingerprint density at radius 2 is 1.95 bits per heavy atom. The monoisotopic (exact) mass is 572 g/mol. The number of alkyl halides is 6. The van der Waals surface area contributed by atoms with E-state index in [1.807, 2.05) is 0 Å². The highest BCUT2D eigenvalue weighted by atomic mass is 19.4. The van der Waals surface area contributed by atoms with Crippen LogP contribution in [0.25, 0.3) is 22.1 Å². The smallest absolute Gasteiger partial charge is 0.404 e. The molecule has 1 aromatic heterocycles. The second-order valence-electron chi connectivity index (χ2n) is 9.65. The lowest BCUT2D eigenvalue weighted by molar-refractivity contribution is -0.176. The molecule has 216 valence electrons. The van der Waals surface area contributed by atoms with Crippen LogP contribution in [0.1, 0.15) is 29.6 Å². The summed E-state index contributed by atoms with van der Waals surface area (Å²) in [4.78, 5) is 14.1. The maximum Gasteiger partial charge on any atom is 0.404 e. The molecule has 13 heteroatoms. The second-order valence-corrected chi connectivity index (χ2v) is 9.65. The van der Waals surface area contributed by atoms with Crippen LogP contribution in [-0.4, -0.2) is 68.7 Å². The van der Waals surface area contributed by atoms with Gasteiger partial charge < -0.3 is 23.9 Å². The summed E-state index contributed by atoms with van der Waals surface area (Å²) in [6, 6.07) is 5.38. The fourth-order valence-corrected chi connectivity index (χ4v) is 4.94. The van der Waals surface area contributed by atoms with Gasteiger partial charge in [0.05, 0.1) is 19.4 Å². The van der Waals surface area contributed by atoms with Gasteiger partial charge in [-0.25, -0.2) is 4.39 Å². The summed E-state index contributed by atoms with van der Waals surface area (Å²) in [5.41, 5.74) is 0.905. The molecule has 2 aromatic carbocycles. The van der Waals surface area contributed by atoms with Crippen LogP contribution in [0.3, 0.4) is 0 Å². The molecule has 0 bridgehead atoms. The molecule has 2 aliphatic rings. The fourth-order valence-electron chi connectivity index (χ4n) is 4.94. The highest BCUT2D eigenvalue weighted by Gasteiger charge is 2.45. The standard InChI is InChI=1S/C27H26F6N2O5/c1-37-21-9-14(10-22(40-26(29)30)24(21)25(36)34-19-12-18(19)28)17-13-39-20-11-15(4-5-16(17)20)38-8-7-35-6-2-3-23(35)27(31,32)33/h4-5,9-11,13,18-19,23,26H,2-3,6-8,12H2,1H3,(H,34,36)/t18-,19+,23?/m0/s1. The first-order chi connectivity index (χ1) is 19.0. The number of hydrogen-bond donors (Lipinski definition) is 1. The first-order valence-corrected chi connectivity index (χ1v) is 12.6. The highest BCUT2D eigenvalue weighted by Crippen LogP contribution is 2.40. The van der Waals surface area contributed by atoms with Crippen LogP contribution in [0.2, 0.25) is 0 Å². The number of likely N-dealkylation sites (tertiary alicyclic amines) is 1. The summed E-state index contributed by atoms with van der Waals surface area (Å²) in [6.45, 7) is -2.73. The molecule has 7 nitrogen and oxygen atoms in total. The van der Waals surface area contributed by atoms with Gasteiger partial charge in [-0.15, -0.1) is 0 Å². The Morgan fingerprint density at radius 1 is 1.20 bits per heavy atom. The molecule has 2 heterocycles. The normalized spacial score (nSPS) is 21.1. The Morgan fingerprint density at radius 3 is 2.62 bits per heavy atom. The van der Waals surface area contributed by atoms with E-state index in [9.17, 15) is 31.1 Å². The third kappa shape index (κ3) is 5.93. The molecule has 1 N–H and O–H groups in total. The van der Waals surface area contributed by atoms with E-state index >= 15 is 0 Å². The average molecular weight is 573 g/mol. The van der Waals surface area contributed by atoms with Crippen LogP contribution >= 0.6 is 0 Å². The maximum atomic E-state index is 13.3. The molecule has 2 fully saturated rings. The molecule has 5 rings (SSSR count). The number of hydrogen-bond acceptors (Lipinski definition) is 6. The van der Waals surface area contributed by atoms with Gasteiger partial charge in [-0.05, 0) is 49.2 Å². The number of fused-ring (bicyclic) bond motifs is 1. The predicted octanol–water partition coefficient (Wildman–Crippen LogP) is 5.96. The van der Waals surface area contributed by atoms with Gasteiger partial charge in [0.2, 0.25) is 0 Å². The number of amides is 1. The largest absolute Gasteiger partial charge is 0.496 e. The minimum absolute atomic E-state index is 0.0463. The van der Waals surface area contributed by atoms with Crippen LogP contribution in [-0.2, 0) is 0 Å². The number of carbonyl (C=O) groups excluding carboxylic acids is 1. The van der Waals surface area contributed by atoms with Crippen molar-refractivity contribution in [2.24, 2.45) is 0 Å². The van der Waals surface area contributed by atoms with Gasteiger partial charge in [0.25, 0.3) is 5.91 Å². The summed E-state index contributed by atoms with van der Waals surface area (Å²) in [5.74, 6) is -0.936. The topological polar surface area (TPSA) is 73.2 Å². The lowest BCUT2D eigenvalue weighted by Crippen LogP contribution is -2.42. The molecule has 40 heavy (non-hydrogen) atoms. The number of carbonyl (C=O) groups is 1. The van der Waals surface area contributed by atoms with Gasteiger partial charge in [0.1, 0.15) is 47.2 Å². The highest BCUT2D eigenvalue weighted by molar-refractivity contribution is 6.02. The fraction of sp³-hybridized carbons (Fsp3) is 0.444. The Bertz CT molecular complexity index is 1380. The Hall–Kier alpha value is -3.61. The SMILES string of the molecule is COc1cc(-c2coc3cc(OCCN4CCCC4C(F)(F)F)ccc23)cc(OC(F)F)c1C(=O)N[C@@H]1C[C@@H]1F. The molecular weight excluding hydrogens is 546 g/mol. The molecule has 1 saturated heterocycles. The number of benzene rings is 2. The van der Waals surface area contributed by atoms with Crippen LogP contribution in [0.4, 0.5) is 26.3 Å². The van der Waals surface area contributed by atoms with Crippen molar-refractivity contribution in [1.82, 2.24) is 10.2 Å². The molecule has 3 aromatic rings. The number of nitrogens with one attached hydrogen (secondary N) is 1. The summed E-state index contributed by atoms with van der Waals surface area (Å²) in [5, 5.41) is 3.01. The van der Waals surface area contributed by atoms with Gasteiger partial charge >= 0.3 is 12.8 Å². The molecule has 1 unspecified atom stereocenters. The van der Waals surface area contributed by atoms with E-state index in [-0.39, 0.29) is 37.3 Å². The van der Waals surface area contributed by atoms with E-state index in [1.54, 1.807) is 18.2 Å². The Balaban J connectivity index is 1.36. The third-order valence-corrected chi connectivity index (χ3v) is 7.00. The summed E-state index contributed by atoms with van der Waals surface area (Å²) in [7, 11) is 1.26. The molecular formula is C27H26F6N2O5. The van der Waals surface area contributed by atoms with Crippen molar-refractivity contribution in [2.45, 2.75) is 50.3 Å². The van der Waals surface area contributed by atoms with Gasteiger partial charge in [-0.3, -0.25) is 9.69 Å². The van der Waals surface area contributed by atoms with Crippen molar-refractivity contribution in [3.63, 3.8) is 0 Å². The molecule has 1 amide bonds. The van der Waals surface area contributed by atoms with Crippen molar-refractivity contribution in [2.75, 3.05) is 26.8 Å². The van der Waals surface area contributed by atoms with E-state index in [0.29, 0.717) is 40.8 Å². The van der Waals surface area contributed by atoms with Crippen molar-refractivity contribution in [1.29, 1.82) is 0 Å². The average Bonchev–Trinajstić information content (AvgIpc) is 3.25. The molecule has 1 aliphatic carbocycles. The van der Waals surface area contributed by atoms with E-state index in [2.05, 4.69) is 10.1 Å². The first kappa shape index (κ1) is 27.9. The van der Waals surface area contributed by atoms with Crippen molar-refractivity contribution in [3.05, 3.63) is 42.2 Å².